The molecule has 9 nitrogen and oxygen atoms in total. The van der Waals surface area contributed by atoms with Gasteiger partial charge in [-0.3, -0.25) is 9.36 Å². The summed E-state index contributed by atoms with van der Waals surface area (Å²) in [6.07, 6.45) is 3.49. The zero-order valence-electron chi connectivity index (χ0n) is 17.4. The molecule has 0 bridgehead atoms. The first kappa shape index (κ1) is 19.2. The number of nitrogens with zero attached hydrogens (tertiary/aromatic N) is 7. The Kier molecular flexibility index (Phi) is 4.25. The fraction of sp³-hybridized carbons (Fsp3) is 0.130. The molecule has 0 atom stereocenters. The molecule has 2 aromatic carbocycles. The van der Waals surface area contributed by atoms with Gasteiger partial charge < -0.3 is 4.52 Å². The van der Waals surface area contributed by atoms with E-state index in [1.165, 1.54) is 18.5 Å². The average molecular weight is 441 g/mol. The van der Waals surface area contributed by atoms with Crippen LogP contribution < -0.4 is 0 Å². The van der Waals surface area contributed by atoms with Crippen LogP contribution in [-0.2, 0) is 6.54 Å². The number of rotatable bonds is 4. The summed E-state index contributed by atoms with van der Waals surface area (Å²) < 4.78 is 23.0. The van der Waals surface area contributed by atoms with E-state index >= 15 is 0 Å². The third-order valence-corrected chi connectivity index (χ3v) is 5.63. The highest BCUT2D eigenvalue weighted by atomic mass is 19.1. The number of halogens is 1. The van der Waals surface area contributed by atoms with E-state index < -0.39 is 0 Å². The minimum absolute atomic E-state index is 0.0368. The summed E-state index contributed by atoms with van der Waals surface area (Å²) in [6.45, 7) is 2.16. The monoisotopic (exact) mass is 441 g/mol. The minimum Gasteiger partial charge on any atom is -0.334 e. The molecule has 0 saturated carbocycles. The molecule has 4 heterocycles. The van der Waals surface area contributed by atoms with Crippen molar-refractivity contribution in [3.8, 4) is 40.0 Å². The van der Waals surface area contributed by atoms with Crippen molar-refractivity contribution in [3.63, 3.8) is 0 Å². The molecule has 1 aliphatic heterocycles. The van der Waals surface area contributed by atoms with E-state index in [2.05, 4.69) is 25.2 Å². The highest BCUT2D eigenvalue weighted by Gasteiger charge is 2.26. The molecule has 0 amide bonds. The molecule has 0 unspecified atom stereocenters. The van der Waals surface area contributed by atoms with Crippen molar-refractivity contribution < 1.29 is 13.7 Å². The van der Waals surface area contributed by atoms with Gasteiger partial charge in [0.15, 0.2) is 11.6 Å². The molecule has 3 aromatic heterocycles. The Hall–Kier alpha value is -4.47. The van der Waals surface area contributed by atoms with E-state index in [1.807, 2.05) is 17.6 Å². The fourth-order valence-corrected chi connectivity index (χ4v) is 4.01. The lowest BCUT2D eigenvalue weighted by atomic mass is 10.1. The molecule has 0 spiro atoms. The Balaban J connectivity index is 1.45. The second-order valence-corrected chi connectivity index (χ2v) is 7.59. The number of carbonyl (C=O) groups excluding carboxylic acids is 1. The van der Waals surface area contributed by atoms with Crippen LogP contribution in [0.4, 0.5) is 4.39 Å². The predicted molar refractivity (Wildman–Crippen MR) is 115 cm³/mol. The SMILES string of the molecule is CCC(=O)c1cccc(-c2nc(-c3ncn4c3Cn3ncnc3-c3cc(F)ccc3-4)no2)c1. The molecule has 0 N–H and O–H groups in total. The summed E-state index contributed by atoms with van der Waals surface area (Å²) in [6, 6.07) is 11.6. The van der Waals surface area contributed by atoms with Gasteiger partial charge >= 0.3 is 0 Å². The van der Waals surface area contributed by atoms with Gasteiger partial charge in [0.2, 0.25) is 5.82 Å². The number of benzene rings is 2. The van der Waals surface area contributed by atoms with Gasteiger partial charge in [-0.15, -0.1) is 0 Å². The summed E-state index contributed by atoms with van der Waals surface area (Å²) in [4.78, 5) is 25.4. The van der Waals surface area contributed by atoms with E-state index in [0.717, 1.165) is 11.4 Å². The molecule has 162 valence electrons. The van der Waals surface area contributed by atoms with E-state index in [4.69, 9.17) is 4.52 Å². The van der Waals surface area contributed by atoms with Gasteiger partial charge in [0, 0.05) is 23.1 Å². The van der Waals surface area contributed by atoms with Crippen LogP contribution in [0.2, 0.25) is 0 Å². The van der Waals surface area contributed by atoms with E-state index in [9.17, 15) is 9.18 Å². The van der Waals surface area contributed by atoms with Gasteiger partial charge in [-0.2, -0.15) is 10.1 Å². The number of ketones is 1. The van der Waals surface area contributed by atoms with Crippen molar-refractivity contribution in [2.45, 2.75) is 19.9 Å². The number of aromatic nitrogens is 7. The number of hydrogen-bond donors (Lipinski definition) is 0. The molecule has 0 saturated heterocycles. The first-order valence-electron chi connectivity index (χ1n) is 10.3. The highest BCUT2D eigenvalue weighted by Crippen LogP contribution is 2.34. The third kappa shape index (κ3) is 3.06. The van der Waals surface area contributed by atoms with Crippen LogP contribution in [0.1, 0.15) is 29.4 Å². The van der Waals surface area contributed by atoms with Gasteiger partial charge in [-0.05, 0) is 30.3 Å². The Bertz CT molecular complexity index is 1530. The second-order valence-electron chi connectivity index (χ2n) is 7.59. The van der Waals surface area contributed by atoms with Crippen LogP contribution in [-0.4, -0.2) is 40.2 Å². The van der Waals surface area contributed by atoms with Crippen LogP contribution >= 0.6 is 0 Å². The zero-order valence-corrected chi connectivity index (χ0v) is 17.4. The molecule has 0 radical (unpaired) electrons. The Morgan fingerprint density at radius 1 is 1.18 bits per heavy atom. The Morgan fingerprint density at radius 3 is 2.97 bits per heavy atom. The van der Waals surface area contributed by atoms with Crippen molar-refractivity contribution in [2.75, 3.05) is 0 Å². The first-order chi connectivity index (χ1) is 16.1. The van der Waals surface area contributed by atoms with Crippen LogP contribution in [0.5, 0.6) is 0 Å². The summed E-state index contributed by atoms with van der Waals surface area (Å²) >= 11 is 0. The van der Waals surface area contributed by atoms with Crippen LogP contribution in [0.3, 0.4) is 0 Å². The molecule has 10 heteroatoms. The molecule has 1 aliphatic rings. The van der Waals surface area contributed by atoms with Gasteiger partial charge in [-0.25, -0.2) is 19.0 Å². The lowest BCUT2D eigenvalue weighted by molar-refractivity contribution is 0.0988. The molecule has 0 fully saturated rings. The van der Waals surface area contributed by atoms with Crippen LogP contribution in [0.25, 0.3) is 40.0 Å². The maximum absolute atomic E-state index is 14.0. The lowest BCUT2D eigenvalue weighted by Crippen LogP contribution is -2.05. The van der Waals surface area contributed by atoms with E-state index in [1.54, 1.807) is 35.3 Å². The van der Waals surface area contributed by atoms with Gasteiger partial charge in [0.1, 0.15) is 24.2 Å². The van der Waals surface area contributed by atoms with Crippen molar-refractivity contribution in [1.82, 2.24) is 34.5 Å². The van der Waals surface area contributed by atoms with Gasteiger partial charge in [0.25, 0.3) is 5.89 Å². The number of Topliss-reactive ketones (excluding diaryl/α,β-unsaturated/α-hetero) is 1. The standard InChI is InChI=1S/C23H16FN7O2/c1-2-19(32)13-4-3-5-14(8-13)23-28-21(29-33-23)20-18-10-31-22(25-11-27-31)16-9-15(24)6-7-17(16)30(18)12-26-20/h3-9,11-12H,2,10H2,1H3. The van der Waals surface area contributed by atoms with Crippen molar-refractivity contribution in [3.05, 3.63) is 72.2 Å². The predicted octanol–water partition coefficient (Wildman–Crippen LogP) is 3.94. The number of fused-ring (bicyclic) bond motifs is 5. The highest BCUT2D eigenvalue weighted by molar-refractivity contribution is 5.96. The van der Waals surface area contributed by atoms with Crippen LogP contribution in [0, 0.1) is 5.82 Å². The first-order valence-corrected chi connectivity index (χ1v) is 10.3. The van der Waals surface area contributed by atoms with Crippen molar-refractivity contribution in [1.29, 1.82) is 0 Å². The van der Waals surface area contributed by atoms with Crippen molar-refractivity contribution >= 4 is 5.78 Å². The largest absolute Gasteiger partial charge is 0.334 e. The molecular weight excluding hydrogens is 425 g/mol. The topological polar surface area (TPSA) is 105 Å². The molecular formula is C23H16FN7O2. The quantitative estimate of drug-likeness (QED) is 0.382. The number of hydrogen-bond acceptors (Lipinski definition) is 7. The fourth-order valence-electron chi connectivity index (χ4n) is 4.01. The second kappa shape index (κ2) is 7.30. The Labute approximate surface area is 186 Å². The smallest absolute Gasteiger partial charge is 0.258 e. The average Bonchev–Trinajstić information content (AvgIpc) is 3.58. The normalized spacial score (nSPS) is 12.1. The van der Waals surface area contributed by atoms with E-state index in [0.29, 0.717) is 47.0 Å². The Morgan fingerprint density at radius 2 is 2.09 bits per heavy atom. The maximum Gasteiger partial charge on any atom is 0.258 e. The maximum atomic E-state index is 14.0. The van der Waals surface area contributed by atoms with Gasteiger partial charge in [-0.1, -0.05) is 24.2 Å². The summed E-state index contributed by atoms with van der Waals surface area (Å²) in [5.74, 6) is 0.826. The number of carbonyl (C=O) groups is 1. The summed E-state index contributed by atoms with van der Waals surface area (Å²) in [7, 11) is 0. The summed E-state index contributed by atoms with van der Waals surface area (Å²) in [5.41, 5.74) is 3.86. The molecule has 5 aromatic rings. The minimum atomic E-state index is -0.362. The van der Waals surface area contributed by atoms with Crippen molar-refractivity contribution in [2.24, 2.45) is 0 Å². The van der Waals surface area contributed by atoms with Gasteiger partial charge in [0.05, 0.1) is 17.9 Å². The molecule has 0 aliphatic carbocycles. The summed E-state index contributed by atoms with van der Waals surface area (Å²) in [5, 5.41) is 8.42. The van der Waals surface area contributed by atoms with E-state index in [-0.39, 0.29) is 17.5 Å². The lowest BCUT2D eigenvalue weighted by Gasteiger charge is -2.08. The molecule has 33 heavy (non-hydrogen) atoms. The molecule has 6 rings (SSSR count). The third-order valence-electron chi connectivity index (χ3n) is 5.63. The zero-order chi connectivity index (χ0) is 22.5. The van der Waals surface area contributed by atoms with Crippen LogP contribution in [0.15, 0.2) is 59.6 Å². The number of imidazole rings is 1.